The first-order valence-electron chi connectivity index (χ1n) is 6.85. The molecule has 19 heavy (non-hydrogen) atoms. The molecule has 0 saturated carbocycles. The van der Waals surface area contributed by atoms with Crippen molar-refractivity contribution in [1.82, 2.24) is 10.6 Å². The van der Waals surface area contributed by atoms with Gasteiger partial charge in [-0.15, -0.1) is 0 Å². The van der Waals surface area contributed by atoms with E-state index in [4.69, 9.17) is 4.74 Å². The number of carbonyl (C=O) groups is 2. The lowest BCUT2D eigenvalue weighted by atomic mass is 9.80. The molecule has 2 heterocycles. The molecule has 2 fully saturated rings. The fourth-order valence-electron chi connectivity index (χ4n) is 2.52. The van der Waals surface area contributed by atoms with E-state index in [1.165, 1.54) is 0 Å². The Bertz CT molecular complexity index is 349. The lowest BCUT2D eigenvalue weighted by molar-refractivity contribution is -0.154. The van der Waals surface area contributed by atoms with Crippen molar-refractivity contribution in [3.8, 4) is 0 Å². The molecule has 0 aromatic heterocycles. The minimum absolute atomic E-state index is 0.0429. The second kappa shape index (κ2) is 5.88. The molecular formula is C13H22N2O4. The lowest BCUT2D eigenvalue weighted by Crippen LogP contribution is -2.52. The normalized spacial score (nSPS) is 24.3. The van der Waals surface area contributed by atoms with Gasteiger partial charge in [0, 0.05) is 25.7 Å². The molecule has 0 bridgehead atoms. The van der Waals surface area contributed by atoms with E-state index in [2.05, 4.69) is 10.6 Å². The van der Waals surface area contributed by atoms with Crippen LogP contribution in [0.4, 0.5) is 0 Å². The van der Waals surface area contributed by atoms with E-state index in [1.807, 2.05) is 6.92 Å². The highest BCUT2D eigenvalue weighted by Gasteiger charge is 2.41. The van der Waals surface area contributed by atoms with Crippen molar-refractivity contribution in [2.75, 3.05) is 32.8 Å². The Morgan fingerprint density at radius 1 is 1.42 bits per heavy atom. The first-order chi connectivity index (χ1) is 9.05. The third-order valence-electron chi connectivity index (χ3n) is 4.44. The van der Waals surface area contributed by atoms with E-state index in [9.17, 15) is 14.7 Å². The maximum absolute atomic E-state index is 12.0. The summed E-state index contributed by atoms with van der Waals surface area (Å²) >= 11 is 0. The predicted octanol–water partition coefficient (Wildman–Crippen LogP) is -0.160. The molecule has 0 aliphatic carbocycles. The molecule has 2 aliphatic heterocycles. The van der Waals surface area contributed by atoms with Gasteiger partial charge in [0.05, 0.1) is 5.41 Å². The summed E-state index contributed by atoms with van der Waals surface area (Å²) in [6.45, 7) is 4.74. The molecule has 1 unspecified atom stereocenters. The number of carboxylic acid groups (broad SMARTS) is 1. The van der Waals surface area contributed by atoms with E-state index in [0.717, 1.165) is 13.1 Å². The summed E-state index contributed by atoms with van der Waals surface area (Å²) < 4.78 is 5.21. The maximum Gasteiger partial charge on any atom is 0.311 e. The maximum atomic E-state index is 12.0. The van der Waals surface area contributed by atoms with Gasteiger partial charge in [-0.25, -0.2) is 0 Å². The van der Waals surface area contributed by atoms with E-state index in [-0.39, 0.29) is 18.4 Å². The van der Waals surface area contributed by atoms with Crippen LogP contribution in [0.2, 0.25) is 0 Å². The summed E-state index contributed by atoms with van der Waals surface area (Å²) in [6, 6.07) is 0. The van der Waals surface area contributed by atoms with Crippen LogP contribution in [0, 0.1) is 17.3 Å². The summed E-state index contributed by atoms with van der Waals surface area (Å²) in [5, 5.41) is 15.3. The minimum atomic E-state index is -0.856. The van der Waals surface area contributed by atoms with Crippen LogP contribution < -0.4 is 10.6 Å². The van der Waals surface area contributed by atoms with Gasteiger partial charge in [-0.1, -0.05) is 6.92 Å². The van der Waals surface area contributed by atoms with Crippen LogP contribution in [0.25, 0.3) is 0 Å². The fourth-order valence-corrected chi connectivity index (χ4v) is 2.52. The fraction of sp³-hybridized carbons (Fsp3) is 0.846. The minimum Gasteiger partial charge on any atom is -0.481 e. The number of hydrogen-bond donors (Lipinski definition) is 3. The number of amides is 1. The van der Waals surface area contributed by atoms with Crippen LogP contribution in [0.5, 0.6) is 0 Å². The molecule has 1 atom stereocenters. The molecule has 1 amide bonds. The van der Waals surface area contributed by atoms with Crippen LogP contribution >= 0.6 is 0 Å². The molecule has 2 rings (SSSR count). The van der Waals surface area contributed by atoms with Crippen molar-refractivity contribution >= 4 is 11.9 Å². The predicted molar refractivity (Wildman–Crippen MR) is 68.7 cm³/mol. The highest BCUT2D eigenvalue weighted by molar-refractivity contribution is 5.80. The van der Waals surface area contributed by atoms with Crippen molar-refractivity contribution in [2.24, 2.45) is 17.3 Å². The molecule has 6 nitrogen and oxygen atoms in total. The van der Waals surface area contributed by atoms with E-state index in [1.54, 1.807) is 0 Å². The van der Waals surface area contributed by atoms with Crippen LogP contribution in [-0.2, 0) is 14.3 Å². The summed E-state index contributed by atoms with van der Waals surface area (Å²) in [6.07, 6.45) is 0.921. The number of carboxylic acids is 1. The van der Waals surface area contributed by atoms with E-state index >= 15 is 0 Å². The zero-order valence-electron chi connectivity index (χ0n) is 11.3. The van der Waals surface area contributed by atoms with Crippen molar-refractivity contribution < 1.29 is 19.4 Å². The second-order valence-corrected chi connectivity index (χ2v) is 5.62. The van der Waals surface area contributed by atoms with Gasteiger partial charge in [-0.05, 0) is 31.8 Å². The number of carbonyl (C=O) groups excluding carboxylic acids is 1. The molecule has 0 aromatic carbocycles. The molecule has 6 heteroatoms. The third kappa shape index (κ3) is 3.06. The Hall–Kier alpha value is -1.14. The molecule has 0 radical (unpaired) electrons. The zero-order chi connectivity index (χ0) is 13.9. The molecule has 108 valence electrons. The number of rotatable bonds is 5. The van der Waals surface area contributed by atoms with E-state index in [0.29, 0.717) is 32.0 Å². The summed E-state index contributed by atoms with van der Waals surface area (Å²) in [4.78, 5) is 23.5. The quantitative estimate of drug-likeness (QED) is 0.646. The highest BCUT2D eigenvalue weighted by Crippen LogP contribution is 2.30. The van der Waals surface area contributed by atoms with Gasteiger partial charge in [0.1, 0.15) is 0 Å². The van der Waals surface area contributed by atoms with Gasteiger partial charge < -0.3 is 20.5 Å². The van der Waals surface area contributed by atoms with Crippen molar-refractivity contribution in [1.29, 1.82) is 0 Å². The SMILES string of the molecule is CC(C(=O)NCC1(C(=O)O)CCOCC1)C1CNC1. The monoisotopic (exact) mass is 270 g/mol. The molecule has 0 spiro atoms. The molecular weight excluding hydrogens is 248 g/mol. The standard InChI is InChI=1S/C13H22N2O4/c1-9(10-6-14-7-10)11(16)15-8-13(12(17)18)2-4-19-5-3-13/h9-10,14H,2-8H2,1H3,(H,15,16)(H,17,18). The van der Waals surface area contributed by atoms with Crippen LogP contribution in [0.15, 0.2) is 0 Å². The lowest BCUT2D eigenvalue weighted by Gasteiger charge is -2.35. The molecule has 0 aromatic rings. The summed E-state index contributed by atoms with van der Waals surface area (Å²) in [7, 11) is 0. The highest BCUT2D eigenvalue weighted by atomic mass is 16.5. The van der Waals surface area contributed by atoms with Gasteiger partial charge in [0.15, 0.2) is 0 Å². The Kier molecular flexibility index (Phi) is 4.42. The first kappa shape index (κ1) is 14.3. The van der Waals surface area contributed by atoms with Gasteiger partial charge in [-0.3, -0.25) is 9.59 Å². The number of aliphatic carboxylic acids is 1. The molecule has 2 saturated heterocycles. The van der Waals surface area contributed by atoms with E-state index < -0.39 is 11.4 Å². The Morgan fingerprint density at radius 3 is 2.53 bits per heavy atom. The van der Waals surface area contributed by atoms with Crippen LogP contribution in [-0.4, -0.2) is 49.8 Å². The topological polar surface area (TPSA) is 87.7 Å². The van der Waals surface area contributed by atoms with Crippen molar-refractivity contribution in [3.63, 3.8) is 0 Å². The van der Waals surface area contributed by atoms with Gasteiger partial charge in [-0.2, -0.15) is 0 Å². The van der Waals surface area contributed by atoms with Crippen molar-refractivity contribution in [2.45, 2.75) is 19.8 Å². The average Bonchev–Trinajstić information content (AvgIpc) is 2.34. The van der Waals surface area contributed by atoms with Crippen LogP contribution in [0.3, 0.4) is 0 Å². The van der Waals surface area contributed by atoms with Gasteiger partial charge >= 0.3 is 5.97 Å². The first-order valence-corrected chi connectivity index (χ1v) is 6.85. The number of ether oxygens (including phenoxy) is 1. The van der Waals surface area contributed by atoms with Gasteiger partial charge in [0.25, 0.3) is 0 Å². The largest absolute Gasteiger partial charge is 0.481 e. The van der Waals surface area contributed by atoms with Crippen molar-refractivity contribution in [3.05, 3.63) is 0 Å². The Morgan fingerprint density at radius 2 is 2.05 bits per heavy atom. The summed E-state index contributed by atoms with van der Waals surface area (Å²) in [5.41, 5.74) is -0.856. The zero-order valence-corrected chi connectivity index (χ0v) is 11.3. The van der Waals surface area contributed by atoms with Crippen LogP contribution in [0.1, 0.15) is 19.8 Å². The Balaban J connectivity index is 1.87. The Labute approximate surface area is 112 Å². The smallest absolute Gasteiger partial charge is 0.311 e. The third-order valence-corrected chi connectivity index (χ3v) is 4.44. The summed E-state index contributed by atoms with van der Waals surface area (Å²) in [5.74, 6) is -0.574. The molecule has 3 N–H and O–H groups in total. The number of nitrogens with one attached hydrogen (secondary N) is 2. The second-order valence-electron chi connectivity index (χ2n) is 5.62. The van der Waals surface area contributed by atoms with Gasteiger partial charge in [0.2, 0.25) is 5.91 Å². The molecule has 2 aliphatic rings. The average molecular weight is 270 g/mol. The number of hydrogen-bond acceptors (Lipinski definition) is 4.